The van der Waals surface area contributed by atoms with Crippen molar-refractivity contribution in [2.45, 2.75) is 77.5 Å². The molecule has 3 amide bonds. The lowest BCUT2D eigenvalue weighted by molar-refractivity contribution is -0.140. The van der Waals surface area contributed by atoms with Crippen molar-refractivity contribution in [2.75, 3.05) is 25.0 Å². The van der Waals surface area contributed by atoms with Crippen LogP contribution in [0, 0.1) is 17.0 Å². The van der Waals surface area contributed by atoms with Crippen LogP contribution in [-0.2, 0) is 30.5 Å². The standard InChI is InChI=1S/C38H48BrF2N5O7/c1-38(2,3)36(31-18-25(27-19-26(40)11-12-28(27)41)22-45(31)21-24-8-5-4-6-9-24)46(34(50)23-47)17-15-29(42)37(53)43-16-7-10-32(48)30(13-14-35(51)52)44-33(49)20-39/h4-6,8-9,11-12,18-19,22,29-30,36,47H,7,10,13-17,20-21,23,42H2,1-3H3,(H,43,53)(H,44,49)(H,51,52)/t29-,30+,36-/m0/s1. The second-order valence-electron chi connectivity index (χ2n) is 13.8. The Morgan fingerprint density at radius 3 is 2.32 bits per heavy atom. The summed E-state index contributed by atoms with van der Waals surface area (Å²) in [6.45, 7) is 5.28. The molecule has 0 radical (unpaired) electrons. The van der Waals surface area contributed by atoms with Gasteiger partial charge in [-0.15, -0.1) is 0 Å². The lowest BCUT2D eigenvalue weighted by Gasteiger charge is -2.41. The first kappa shape index (κ1) is 42.9. The summed E-state index contributed by atoms with van der Waals surface area (Å²) in [6, 6.07) is 11.6. The number of aliphatic hydroxyl groups is 1. The number of aromatic nitrogens is 1. The molecule has 3 atom stereocenters. The molecule has 0 fully saturated rings. The van der Waals surface area contributed by atoms with Gasteiger partial charge in [0.15, 0.2) is 5.78 Å². The number of carbonyl (C=O) groups excluding carboxylic acids is 4. The van der Waals surface area contributed by atoms with Gasteiger partial charge in [0.2, 0.25) is 17.7 Å². The van der Waals surface area contributed by atoms with E-state index < -0.39 is 65.5 Å². The third kappa shape index (κ3) is 12.9. The van der Waals surface area contributed by atoms with Crippen molar-refractivity contribution in [3.63, 3.8) is 0 Å². The van der Waals surface area contributed by atoms with Crippen molar-refractivity contribution in [3.05, 3.63) is 83.7 Å². The number of carboxylic acids is 1. The third-order valence-electron chi connectivity index (χ3n) is 8.64. The van der Waals surface area contributed by atoms with Crippen LogP contribution >= 0.6 is 15.9 Å². The second-order valence-corrected chi connectivity index (χ2v) is 14.4. The quantitative estimate of drug-likeness (QED) is 0.0827. The fraction of sp³-hybridized carbons (Fsp3) is 0.447. The van der Waals surface area contributed by atoms with E-state index in [2.05, 4.69) is 26.6 Å². The molecule has 0 aliphatic heterocycles. The van der Waals surface area contributed by atoms with Crippen LogP contribution in [0.25, 0.3) is 11.1 Å². The smallest absolute Gasteiger partial charge is 0.303 e. The molecule has 15 heteroatoms. The number of alkyl halides is 1. The number of nitrogens with one attached hydrogen (secondary N) is 2. The Bertz CT molecular complexity index is 1730. The molecule has 0 unspecified atom stereocenters. The number of amides is 3. The lowest BCUT2D eigenvalue weighted by atomic mass is 9.82. The fourth-order valence-electron chi connectivity index (χ4n) is 6.10. The average molecular weight is 805 g/mol. The van der Waals surface area contributed by atoms with Crippen LogP contribution in [0.2, 0.25) is 0 Å². The maximum Gasteiger partial charge on any atom is 0.303 e. The van der Waals surface area contributed by atoms with Crippen LogP contribution in [0.3, 0.4) is 0 Å². The average Bonchev–Trinajstić information content (AvgIpc) is 3.52. The number of nitrogens with zero attached hydrogens (tertiary/aromatic N) is 2. The minimum Gasteiger partial charge on any atom is -0.481 e. The number of nitrogens with two attached hydrogens (primary N) is 1. The number of rotatable bonds is 20. The minimum absolute atomic E-state index is 0.00367. The SMILES string of the molecule is CC(C)(C)[C@H](c1cc(-c2cc(F)ccc2F)cn1Cc1ccccc1)N(CC[C@H](N)C(=O)NCCCC(=O)[C@@H](CCC(=O)O)NC(=O)CBr)C(=O)CO. The Balaban J connectivity index is 1.79. The van der Waals surface area contributed by atoms with E-state index in [0.29, 0.717) is 17.8 Å². The van der Waals surface area contributed by atoms with E-state index in [-0.39, 0.29) is 61.9 Å². The summed E-state index contributed by atoms with van der Waals surface area (Å²) in [6.07, 6.45) is 1.51. The van der Waals surface area contributed by atoms with Crippen LogP contribution in [0.5, 0.6) is 0 Å². The number of aliphatic hydroxyl groups excluding tert-OH is 1. The summed E-state index contributed by atoms with van der Waals surface area (Å²) in [5.74, 6) is -4.31. The van der Waals surface area contributed by atoms with Gasteiger partial charge >= 0.3 is 5.97 Å². The van der Waals surface area contributed by atoms with Gasteiger partial charge in [-0.3, -0.25) is 24.0 Å². The number of Topliss-reactive ketones (excluding diaryl/α,β-unsaturated/α-hetero) is 1. The Hall–Kier alpha value is -4.47. The van der Waals surface area contributed by atoms with Crippen LogP contribution in [-0.4, -0.2) is 86.3 Å². The molecular formula is C38H48BrF2N5O7. The zero-order valence-corrected chi connectivity index (χ0v) is 31.7. The molecule has 0 aliphatic carbocycles. The topological polar surface area (TPSA) is 184 Å². The molecule has 2 aromatic carbocycles. The molecule has 3 rings (SSSR count). The highest BCUT2D eigenvalue weighted by Gasteiger charge is 2.37. The van der Waals surface area contributed by atoms with Gasteiger partial charge in [0.05, 0.1) is 23.5 Å². The molecule has 1 heterocycles. The van der Waals surface area contributed by atoms with Gasteiger partial charge in [0, 0.05) is 55.5 Å². The third-order valence-corrected chi connectivity index (χ3v) is 9.15. The van der Waals surface area contributed by atoms with Gasteiger partial charge in [-0.1, -0.05) is 67.0 Å². The molecule has 0 bridgehead atoms. The monoisotopic (exact) mass is 803 g/mol. The summed E-state index contributed by atoms with van der Waals surface area (Å²) < 4.78 is 31.2. The highest BCUT2D eigenvalue weighted by Crippen LogP contribution is 2.41. The molecule has 12 nitrogen and oxygen atoms in total. The molecule has 0 aliphatic rings. The molecule has 0 spiro atoms. The van der Waals surface area contributed by atoms with E-state index in [1.807, 2.05) is 55.7 Å². The molecule has 0 saturated carbocycles. The van der Waals surface area contributed by atoms with Gasteiger partial charge in [-0.25, -0.2) is 8.78 Å². The maximum atomic E-state index is 15.0. The highest BCUT2D eigenvalue weighted by molar-refractivity contribution is 9.09. The van der Waals surface area contributed by atoms with Crippen molar-refractivity contribution in [1.82, 2.24) is 20.1 Å². The number of ketones is 1. The Kier molecular flexibility index (Phi) is 16.3. The Labute approximate surface area is 316 Å². The van der Waals surface area contributed by atoms with E-state index in [1.54, 1.807) is 12.3 Å². The summed E-state index contributed by atoms with van der Waals surface area (Å²) in [4.78, 5) is 63.3. The molecule has 0 saturated heterocycles. The first-order chi connectivity index (χ1) is 25.0. The van der Waals surface area contributed by atoms with Crippen LogP contribution in [0.15, 0.2) is 60.8 Å². The zero-order valence-electron chi connectivity index (χ0n) is 30.1. The predicted molar refractivity (Wildman–Crippen MR) is 199 cm³/mol. The van der Waals surface area contributed by atoms with Gasteiger partial charge in [0.1, 0.15) is 18.2 Å². The summed E-state index contributed by atoms with van der Waals surface area (Å²) in [5.41, 5.74) is 7.55. The van der Waals surface area contributed by atoms with E-state index in [0.717, 1.165) is 23.8 Å². The Morgan fingerprint density at radius 1 is 1.00 bits per heavy atom. The van der Waals surface area contributed by atoms with Gasteiger partial charge < -0.3 is 36.0 Å². The van der Waals surface area contributed by atoms with Crippen LogP contribution in [0.1, 0.15) is 70.2 Å². The van der Waals surface area contributed by atoms with Crippen LogP contribution < -0.4 is 16.4 Å². The number of aliphatic carboxylic acids is 1. The van der Waals surface area contributed by atoms with Gasteiger partial charge in [-0.05, 0) is 54.5 Å². The van der Waals surface area contributed by atoms with Crippen LogP contribution in [0.4, 0.5) is 8.78 Å². The normalized spacial score (nSPS) is 13.1. The van der Waals surface area contributed by atoms with E-state index in [9.17, 15) is 33.5 Å². The number of benzene rings is 2. The first-order valence-corrected chi connectivity index (χ1v) is 18.4. The largest absolute Gasteiger partial charge is 0.481 e. The molecule has 53 heavy (non-hydrogen) atoms. The van der Waals surface area contributed by atoms with Crippen molar-refractivity contribution in [1.29, 1.82) is 0 Å². The van der Waals surface area contributed by atoms with Gasteiger partial charge in [-0.2, -0.15) is 0 Å². The van der Waals surface area contributed by atoms with E-state index >= 15 is 4.39 Å². The maximum absolute atomic E-state index is 15.0. The molecule has 3 aromatic rings. The lowest BCUT2D eigenvalue weighted by Crippen LogP contribution is -2.47. The molecule has 6 N–H and O–H groups in total. The fourth-order valence-corrected chi connectivity index (χ4v) is 6.27. The Morgan fingerprint density at radius 2 is 1.70 bits per heavy atom. The van der Waals surface area contributed by atoms with E-state index in [1.165, 1.54) is 4.90 Å². The molecule has 1 aromatic heterocycles. The molecular weight excluding hydrogens is 756 g/mol. The van der Waals surface area contributed by atoms with Crippen molar-refractivity contribution < 1.29 is 43.0 Å². The number of carbonyl (C=O) groups is 5. The second kappa shape index (κ2) is 20.1. The summed E-state index contributed by atoms with van der Waals surface area (Å²) in [5, 5.41) is 24.2. The molecule has 288 valence electrons. The number of halogens is 3. The number of carboxylic acid groups (broad SMARTS) is 1. The van der Waals surface area contributed by atoms with Crippen molar-refractivity contribution >= 4 is 45.4 Å². The van der Waals surface area contributed by atoms with E-state index in [4.69, 9.17) is 10.8 Å². The highest BCUT2D eigenvalue weighted by atomic mass is 79.9. The minimum atomic E-state index is -1.10. The zero-order chi connectivity index (χ0) is 39.3. The summed E-state index contributed by atoms with van der Waals surface area (Å²) in [7, 11) is 0. The summed E-state index contributed by atoms with van der Waals surface area (Å²) >= 11 is 3.00. The van der Waals surface area contributed by atoms with Crippen molar-refractivity contribution in [2.24, 2.45) is 11.1 Å². The van der Waals surface area contributed by atoms with Crippen molar-refractivity contribution in [3.8, 4) is 11.1 Å². The van der Waals surface area contributed by atoms with Gasteiger partial charge in [0.25, 0.3) is 0 Å². The number of hydrogen-bond donors (Lipinski definition) is 5. The predicted octanol–water partition coefficient (Wildman–Crippen LogP) is 4.32. The first-order valence-electron chi connectivity index (χ1n) is 17.3. The number of hydrogen-bond acceptors (Lipinski definition) is 7.